The summed E-state index contributed by atoms with van der Waals surface area (Å²) in [5.74, 6) is 0.864. The maximum absolute atomic E-state index is 13.2. The Balaban J connectivity index is 1.56. The van der Waals surface area contributed by atoms with Gasteiger partial charge in [-0.3, -0.25) is 9.59 Å². The van der Waals surface area contributed by atoms with Crippen molar-refractivity contribution in [3.63, 3.8) is 0 Å². The van der Waals surface area contributed by atoms with E-state index in [0.29, 0.717) is 29.2 Å². The van der Waals surface area contributed by atoms with E-state index in [1.807, 2.05) is 55.5 Å². The maximum atomic E-state index is 13.2. The third kappa shape index (κ3) is 5.32. The highest BCUT2D eigenvalue weighted by Gasteiger charge is 2.14. The Kier molecular flexibility index (Phi) is 7.03. The van der Waals surface area contributed by atoms with Crippen molar-refractivity contribution in [3.8, 4) is 22.8 Å². The van der Waals surface area contributed by atoms with Gasteiger partial charge in [0.25, 0.3) is 11.8 Å². The molecule has 3 aromatic carbocycles. The van der Waals surface area contributed by atoms with Crippen LogP contribution in [0.1, 0.15) is 17.3 Å². The fourth-order valence-electron chi connectivity index (χ4n) is 3.50. The fraction of sp³-hybridized carbons (Fsp3) is 0.148. The second-order valence-electron chi connectivity index (χ2n) is 7.52. The topological polar surface area (TPSA) is 89.6 Å². The van der Waals surface area contributed by atoms with Crippen molar-refractivity contribution in [2.75, 3.05) is 25.6 Å². The van der Waals surface area contributed by atoms with Crippen LogP contribution in [-0.4, -0.2) is 37.1 Å². The van der Waals surface area contributed by atoms with Crippen molar-refractivity contribution in [2.45, 2.75) is 6.92 Å². The number of amides is 2. The molecule has 0 aliphatic carbocycles. The van der Waals surface area contributed by atoms with Gasteiger partial charge in [-0.2, -0.15) is 0 Å². The van der Waals surface area contributed by atoms with E-state index in [2.05, 4.69) is 10.6 Å². The molecule has 4 aromatic rings. The normalized spacial score (nSPS) is 10.5. The average Bonchev–Trinajstić information content (AvgIpc) is 2.88. The van der Waals surface area contributed by atoms with Crippen LogP contribution in [0.3, 0.4) is 0 Å². The van der Waals surface area contributed by atoms with Gasteiger partial charge in [-0.05, 0) is 67.6 Å². The second-order valence-corrected chi connectivity index (χ2v) is 7.52. The number of ether oxygens (including phenoxy) is 2. The SMILES string of the molecule is CCNC(=O)COc1ccc(NC(=O)c2cc(-c3ccc(OC)cc3)nc3ccccc23)cc1. The number of hydrogen-bond donors (Lipinski definition) is 2. The van der Waals surface area contributed by atoms with Gasteiger partial charge in [-0.25, -0.2) is 4.98 Å². The molecule has 2 N–H and O–H groups in total. The number of pyridine rings is 1. The molecule has 1 aromatic heterocycles. The van der Waals surface area contributed by atoms with Crippen LogP contribution in [0.2, 0.25) is 0 Å². The predicted molar refractivity (Wildman–Crippen MR) is 132 cm³/mol. The second kappa shape index (κ2) is 10.5. The van der Waals surface area contributed by atoms with Crippen LogP contribution in [0.5, 0.6) is 11.5 Å². The van der Waals surface area contributed by atoms with Crippen LogP contribution in [0.15, 0.2) is 78.9 Å². The van der Waals surface area contributed by atoms with Gasteiger partial charge in [-0.1, -0.05) is 18.2 Å². The molecule has 0 saturated heterocycles. The third-order valence-electron chi connectivity index (χ3n) is 5.20. The fourth-order valence-corrected chi connectivity index (χ4v) is 3.50. The molecule has 0 unspecified atom stereocenters. The Morgan fingerprint density at radius 1 is 0.912 bits per heavy atom. The first kappa shape index (κ1) is 22.8. The standard InChI is InChI=1S/C27H25N3O4/c1-3-28-26(31)17-34-21-14-10-19(11-15-21)29-27(32)23-16-25(18-8-12-20(33-2)13-9-18)30-24-7-5-4-6-22(23)24/h4-16H,3,17H2,1-2H3,(H,28,31)(H,29,32). The lowest BCUT2D eigenvalue weighted by Gasteiger charge is -2.12. The van der Waals surface area contributed by atoms with Crippen LogP contribution < -0.4 is 20.1 Å². The van der Waals surface area contributed by atoms with E-state index in [-0.39, 0.29) is 18.4 Å². The number of fused-ring (bicyclic) bond motifs is 1. The number of benzene rings is 3. The summed E-state index contributed by atoms with van der Waals surface area (Å²) < 4.78 is 10.7. The molecule has 2 amide bonds. The number of para-hydroxylation sites is 1. The van der Waals surface area contributed by atoms with E-state index in [1.165, 1.54) is 0 Å². The molecule has 0 radical (unpaired) electrons. The number of nitrogens with zero attached hydrogens (tertiary/aromatic N) is 1. The lowest BCUT2D eigenvalue weighted by Crippen LogP contribution is -2.28. The first-order chi connectivity index (χ1) is 16.6. The summed E-state index contributed by atoms with van der Waals surface area (Å²) >= 11 is 0. The van der Waals surface area contributed by atoms with E-state index >= 15 is 0 Å². The summed E-state index contributed by atoms with van der Waals surface area (Å²) in [5.41, 5.74) is 3.44. The van der Waals surface area contributed by atoms with E-state index in [4.69, 9.17) is 14.5 Å². The molecule has 0 bridgehead atoms. The molecule has 0 spiro atoms. The molecule has 0 saturated carbocycles. The molecule has 7 nitrogen and oxygen atoms in total. The average molecular weight is 456 g/mol. The van der Waals surface area contributed by atoms with Gasteiger partial charge in [0.1, 0.15) is 11.5 Å². The summed E-state index contributed by atoms with van der Waals surface area (Å²) in [4.78, 5) is 29.5. The van der Waals surface area contributed by atoms with Gasteiger partial charge in [0.2, 0.25) is 0 Å². The molecule has 0 fully saturated rings. The molecule has 0 aliphatic rings. The molecule has 7 heteroatoms. The van der Waals surface area contributed by atoms with Crippen LogP contribution >= 0.6 is 0 Å². The highest BCUT2D eigenvalue weighted by atomic mass is 16.5. The Morgan fingerprint density at radius 2 is 1.62 bits per heavy atom. The van der Waals surface area contributed by atoms with Crippen LogP contribution in [0.25, 0.3) is 22.2 Å². The number of likely N-dealkylation sites (N-methyl/N-ethyl adjacent to an activating group) is 1. The molecular weight excluding hydrogens is 430 g/mol. The predicted octanol–water partition coefficient (Wildman–Crippen LogP) is 4.68. The van der Waals surface area contributed by atoms with Gasteiger partial charge in [0, 0.05) is 23.2 Å². The maximum Gasteiger partial charge on any atom is 0.257 e. The molecular formula is C27H25N3O4. The van der Waals surface area contributed by atoms with Gasteiger partial charge in [0.15, 0.2) is 6.61 Å². The zero-order chi connectivity index (χ0) is 23.9. The first-order valence-corrected chi connectivity index (χ1v) is 10.9. The van der Waals surface area contributed by atoms with Crippen LogP contribution in [0.4, 0.5) is 5.69 Å². The number of carbonyl (C=O) groups excluding carboxylic acids is 2. The van der Waals surface area contributed by atoms with Crippen LogP contribution in [0, 0.1) is 0 Å². The molecule has 1 heterocycles. The molecule has 4 rings (SSSR count). The molecule has 0 atom stereocenters. The van der Waals surface area contributed by atoms with E-state index in [9.17, 15) is 9.59 Å². The van der Waals surface area contributed by atoms with Crippen molar-refractivity contribution in [2.24, 2.45) is 0 Å². The first-order valence-electron chi connectivity index (χ1n) is 10.9. The lowest BCUT2D eigenvalue weighted by molar-refractivity contribution is -0.122. The van der Waals surface area contributed by atoms with Crippen molar-refractivity contribution in [3.05, 3.63) is 84.4 Å². The monoisotopic (exact) mass is 455 g/mol. The Bertz CT molecular complexity index is 1300. The zero-order valence-electron chi connectivity index (χ0n) is 19.0. The molecule has 0 aliphatic heterocycles. The largest absolute Gasteiger partial charge is 0.497 e. The highest BCUT2D eigenvalue weighted by Crippen LogP contribution is 2.27. The number of nitrogens with one attached hydrogen (secondary N) is 2. The minimum absolute atomic E-state index is 0.0588. The van der Waals surface area contributed by atoms with Gasteiger partial charge in [-0.15, -0.1) is 0 Å². The minimum Gasteiger partial charge on any atom is -0.497 e. The smallest absolute Gasteiger partial charge is 0.257 e. The van der Waals surface area contributed by atoms with Gasteiger partial charge in [0.05, 0.1) is 23.9 Å². The summed E-state index contributed by atoms with van der Waals surface area (Å²) in [5, 5.41) is 6.38. The van der Waals surface area contributed by atoms with Gasteiger partial charge < -0.3 is 20.1 Å². The van der Waals surface area contributed by atoms with Crippen molar-refractivity contribution < 1.29 is 19.1 Å². The number of hydrogen-bond acceptors (Lipinski definition) is 5. The number of anilines is 1. The quantitative estimate of drug-likeness (QED) is 0.403. The summed E-state index contributed by atoms with van der Waals surface area (Å²) in [7, 11) is 1.62. The van der Waals surface area contributed by atoms with E-state index < -0.39 is 0 Å². The zero-order valence-corrected chi connectivity index (χ0v) is 19.0. The number of carbonyl (C=O) groups is 2. The Hall–Kier alpha value is -4.39. The van der Waals surface area contributed by atoms with Crippen molar-refractivity contribution in [1.82, 2.24) is 10.3 Å². The van der Waals surface area contributed by atoms with Gasteiger partial charge >= 0.3 is 0 Å². The van der Waals surface area contributed by atoms with Crippen molar-refractivity contribution in [1.29, 1.82) is 0 Å². The highest BCUT2D eigenvalue weighted by molar-refractivity contribution is 6.13. The number of aromatic nitrogens is 1. The van der Waals surface area contributed by atoms with E-state index in [0.717, 1.165) is 22.2 Å². The minimum atomic E-state index is -0.246. The van der Waals surface area contributed by atoms with Crippen molar-refractivity contribution >= 4 is 28.4 Å². The molecule has 172 valence electrons. The summed E-state index contributed by atoms with van der Waals surface area (Å²) in [6, 6.07) is 23.8. The Labute approximate surface area is 197 Å². The number of methoxy groups -OCH3 is 1. The summed E-state index contributed by atoms with van der Waals surface area (Å²) in [6.07, 6.45) is 0. The summed E-state index contributed by atoms with van der Waals surface area (Å²) in [6.45, 7) is 2.34. The molecule has 34 heavy (non-hydrogen) atoms. The van der Waals surface area contributed by atoms with E-state index in [1.54, 1.807) is 37.4 Å². The Morgan fingerprint density at radius 3 is 2.32 bits per heavy atom. The van der Waals surface area contributed by atoms with Crippen LogP contribution in [-0.2, 0) is 4.79 Å². The number of rotatable bonds is 8. The third-order valence-corrected chi connectivity index (χ3v) is 5.20. The lowest BCUT2D eigenvalue weighted by atomic mass is 10.0.